The van der Waals surface area contributed by atoms with Gasteiger partial charge in [0.15, 0.2) is 0 Å². The fourth-order valence-corrected chi connectivity index (χ4v) is 3.72. The van der Waals surface area contributed by atoms with Gasteiger partial charge in [0.2, 0.25) is 5.91 Å². The van der Waals surface area contributed by atoms with E-state index in [0.717, 1.165) is 22.3 Å². The SMILES string of the molecule is COC(=O)[C@@H](Cc1ccc(-c2ccccc2)cc1)NC(=O)[C@@H](NC(=O)OCc1ccccc1)C(C)C. The lowest BCUT2D eigenvalue weighted by Gasteiger charge is -2.24. The van der Waals surface area contributed by atoms with Crippen LogP contribution in [-0.2, 0) is 32.1 Å². The Kier molecular flexibility index (Phi) is 9.63. The summed E-state index contributed by atoms with van der Waals surface area (Å²) < 4.78 is 10.2. The van der Waals surface area contributed by atoms with Gasteiger partial charge in [-0.15, -0.1) is 0 Å². The van der Waals surface area contributed by atoms with Crippen LogP contribution < -0.4 is 10.6 Å². The standard InChI is InChI=1S/C29H32N2O5/c1-20(2)26(31-29(34)36-19-22-10-6-4-7-11-22)27(32)30-25(28(33)35-3)18-21-14-16-24(17-15-21)23-12-8-5-9-13-23/h4-17,20,25-26H,18-19H2,1-3H3,(H,30,32)(H,31,34)/t25-,26+/m1/s1. The van der Waals surface area contributed by atoms with Crippen molar-refractivity contribution in [2.45, 2.75) is 39.0 Å². The molecule has 0 heterocycles. The van der Waals surface area contributed by atoms with E-state index < -0.39 is 30.1 Å². The lowest BCUT2D eigenvalue weighted by atomic mass is 9.99. The molecule has 2 amide bonds. The van der Waals surface area contributed by atoms with Crippen LogP contribution in [-0.4, -0.2) is 37.2 Å². The van der Waals surface area contributed by atoms with Gasteiger partial charge in [-0.1, -0.05) is 98.8 Å². The smallest absolute Gasteiger partial charge is 0.408 e. The highest BCUT2D eigenvalue weighted by molar-refractivity contribution is 5.90. The Morgan fingerprint density at radius 2 is 1.33 bits per heavy atom. The normalized spacial score (nSPS) is 12.3. The van der Waals surface area contributed by atoms with Crippen molar-refractivity contribution in [2.24, 2.45) is 5.92 Å². The average Bonchev–Trinajstić information content (AvgIpc) is 2.91. The topological polar surface area (TPSA) is 93.7 Å². The summed E-state index contributed by atoms with van der Waals surface area (Å²) in [4.78, 5) is 37.9. The third-order valence-corrected chi connectivity index (χ3v) is 5.74. The Balaban J connectivity index is 1.63. The van der Waals surface area contributed by atoms with Gasteiger partial charge >= 0.3 is 12.1 Å². The fourth-order valence-electron chi connectivity index (χ4n) is 3.72. The second-order valence-corrected chi connectivity index (χ2v) is 8.78. The molecule has 0 radical (unpaired) electrons. The minimum Gasteiger partial charge on any atom is -0.467 e. The molecule has 3 aromatic carbocycles. The first-order valence-electron chi connectivity index (χ1n) is 11.9. The number of rotatable bonds is 10. The summed E-state index contributed by atoms with van der Waals surface area (Å²) in [7, 11) is 1.28. The monoisotopic (exact) mass is 488 g/mol. The molecule has 36 heavy (non-hydrogen) atoms. The third-order valence-electron chi connectivity index (χ3n) is 5.74. The van der Waals surface area contributed by atoms with Crippen molar-refractivity contribution in [3.8, 4) is 11.1 Å². The van der Waals surface area contributed by atoms with Gasteiger partial charge in [-0.05, 0) is 28.2 Å². The molecular weight excluding hydrogens is 456 g/mol. The van der Waals surface area contributed by atoms with Gasteiger partial charge in [0.1, 0.15) is 18.7 Å². The van der Waals surface area contributed by atoms with E-state index in [2.05, 4.69) is 10.6 Å². The first-order chi connectivity index (χ1) is 17.4. The number of nitrogens with one attached hydrogen (secondary N) is 2. The number of carbonyl (C=O) groups excluding carboxylic acids is 3. The molecule has 7 nitrogen and oxygen atoms in total. The number of benzene rings is 3. The summed E-state index contributed by atoms with van der Waals surface area (Å²) in [6, 6.07) is 25.2. The zero-order valence-corrected chi connectivity index (χ0v) is 20.8. The molecule has 0 saturated heterocycles. The van der Waals surface area contributed by atoms with Crippen LogP contribution in [0.1, 0.15) is 25.0 Å². The number of methoxy groups -OCH3 is 1. The molecular formula is C29H32N2O5. The Morgan fingerprint density at radius 1 is 0.750 bits per heavy atom. The predicted octanol–water partition coefficient (Wildman–Crippen LogP) is 4.50. The predicted molar refractivity (Wildman–Crippen MR) is 138 cm³/mol. The van der Waals surface area contributed by atoms with E-state index in [1.165, 1.54) is 7.11 Å². The van der Waals surface area contributed by atoms with Crippen LogP contribution in [0.5, 0.6) is 0 Å². The minimum atomic E-state index is -0.909. The number of hydrogen-bond donors (Lipinski definition) is 2. The van der Waals surface area contributed by atoms with Crippen LogP contribution in [0.25, 0.3) is 11.1 Å². The molecule has 0 aliphatic heterocycles. The van der Waals surface area contributed by atoms with Crippen molar-refractivity contribution < 1.29 is 23.9 Å². The quantitative estimate of drug-likeness (QED) is 0.410. The summed E-state index contributed by atoms with van der Waals surface area (Å²) >= 11 is 0. The van der Waals surface area contributed by atoms with Gasteiger partial charge in [-0.25, -0.2) is 9.59 Å². The van der Waals surface area contributed by atoms with Gasteiger partial charge < -0.3 is 20.1 Å². The summed E-state index contributed by atoms with van der Waals surface area (Å²) in [6.45, 7) is 3.69. The van der Waals surface area contributed by atoms with E-state index in [-0.39, 0.29) is 18.9 Å². The zero-order chi connectivity index (χ0) is 25.9. The van der Waals surface area contributed by atoms with Gasteiger partial charge in [0.25, 0.3) is 0 Å². The molecule has 7 heteroatoms. The Morgan fingerprint density at radius 3 is 1.92 bits per heavy atom. The highest BCUT2D eigenvalue weighted by Crippen LogP contribution is 2.20. The Bertz CT molecular complexity index is 1130. The summed E-state index contributed by atoms with van der Waals surface area (Å²) in [5.74, 6) is -1.29. The van der Waals surface area contributed by atoms with Crippen molar-refractivity contribution in [3.63, 3.8) is 0 Å². The van der Waals surface area contributed by atoms with Crippen LogP contribution in [0.2, 0.25) is 0 Å². The van der Waals surface area contributed by atoms with Crippen molar-refractivity contribution >= 4 is 18.0 Å². The van der Waals surface area contributed by atoms with Gasteiger partial charge in [-0.2, -0.15) is 0 Å². The van der Waals surface area contributed by atoms with E-state index >= 15 is 0 Å². The van der Waals surface area contributed by atoms with Crippen molar-refractivity contribution in [1.82, 2.24) is 10.6 Å². The maximum atomic E-state index is 13.1. The molecule has 188 valence electrons. The maximum absolute atomic E-state index is 13.1. The molecule has 0 aliphatic rings. The molecule has 0 aliphatic carbocycles. The second kappa shape index (κ2) is 13.1. The maximum Gasteiger partial charge on any atom is 0.408 e. The molecule has 0 saturated carbocycles. The van der Waals surface area contributed by atoms with Gasteiger partial charge in [-0.3, -0.25) is 4.79 Å². The number of carbonyl (C=O) groups is 3. The van der Waals surface area contributed by atoms with Crippen LogP contribution in [0.4, 0.5) is 4.79 Å². The van der Waals surface area contributed by atoms with E-state index in [1.54, 1.807) is 13.8 Å². The Hall–Kier alpha value is -4.13. The number of hydrogen-bond acceptors (Lipinski definition) is 5. The second-order valence-electron chi connectivity index (χ2n) is 8.78. The number of ether oxygens (including phenoxy) is 2. The first kappa shape index (κ1) is 26.5. The molecule has 3 rings (SSSR count). The van der Waals surface area contributed by atoms with Crippen molar-refractivity contribution in [2.75, 3.05) is 7.11 Å². The number of esters is 1. The summed E-state index contributed by atoms with van der Waals surface area (Å²) in [6.07, 6.45) is -0.463. The van der Waals surface area contributed by atoms with Crippen molar-refractivity contribution in [1.29, 1.82) is 0 Å². The molecule has 0 bridgehead atoms. The van der Waals surface area contributed by atoms with Crippen LogP contribution in [0.15, 0.2) is 84.9 Å². The lowest BCUT2D eigenvalue weighted by Crippen LogP contribution is -2.54. The van der Waals surface area contributed by atoms with E-state index in [4.69, 9.17) is 9.47 Å². The molecule has 0 spiro atoms. The lowest BCUT2D eigenvalue weighted by molar-refractivity contribution is -0.145. The fraction of sp³-hybridized carbons (Fsp3) is 0.276. The minimum absolute atomic E-state index is 0.0862. The first-order valence-corrected chi connectivity index (χ1v) is 11.9. The van der Waals surface area contributed by atoms with Gasteiger partial charge in [0, 0.05) is 6.42 Å². The molecule has 0 unspecified atom stereocenters. The molecule has 2 N–H and O–H groups in total. The summed E-state index contributed by atoms with van der Waals surface area (Å²) in [5.41, 5.74) is 3.84. The molecule has 0 fully saturated rings. The summed E-state index contributed by atoms with van der Waals surface area (Å²) in [5, 5.41) is 5.35. The van der Waals surface area contributed by atoms with E-state index in [1.807, 2.05) is 84.9 Å². The highest BCUT2D eigenvalue weighted by atomic mass is 16.5. The van der Waals surface area contributed by atoms with Crippen LogP contribution in [0, 0.1) is 5.92 Å². The third kappa shape index (κ3) is 7.70. The number of amides is 2. The number of alkyl carbamates (subject to hydrolysis) is 1. The van der Waals surface area contributed by atoms with E-state index in [0.29, 0.717) is 0 Å². The molecule has 0 aromatic heterocycles. The van der Waals surface area contributed by atoms with E-state index in [9.17, 15) is 14.4 Å². The zero-order valence-electron chi connectivity index (χ0n) is 20.8. The van der Waals surface area contributed by atoms with Crippen LogP contribution in [0.3, 0.4) is 0 Å². The molecule has 3 aromatic rings. The van der Waals surface area contributed by atoms with Gasteiger partial charge in [0.05, 0.1) is 7.11 Å². The largest absolute Gasteiger partial charge is 0.467 e. The Labute approximate surface area is 211 Å². The highest BCUT2D eigenvalue weighted by Gasteiger charge is 2.29. The van der Waals surface area contributed by atoms with Crippen molar-refractivity contribution in [3.05, 3.63) is 96.1 Å². The average molecular weight is 489 g/mol. The molecule has 2 atom stereocenters. The van der Waals surface area contributed by atoms with Crippen LogP contribution >= 0.6 is 0 Å².